The van der Waals surface area contributed by atoms with Gasteiger partial charge in [-0.15, -0.1) is 10.2 Å². The number of hydrogen-bond acceptors (Lipinski definition) is 5. The number of benzene rings is 2. The van der Waals surface area contributed by atoms with Gasteiger partial charge >= 0.3 is 0 Å². The highest BCUT2D eigenvalue weighted by molar-refractivity contribution is 7.89. The fraction of sp³-hybridized carbons (Fsp3) is 0.176. The number of sulfonamides is 1. The highest BCUT2D eigenvalue weighted by Crippen LogP contribution is 2.23. The Morgan fingerprint density at radius 1 is 0.958 bits per heavy atom. The lowest BCUT2D eigenvalue weighted by molar-refractivity contribution is 0.436. The van der Waals surface area contributed by atoms with E-state index in [0.717, 1.165) is 11.1 Å². The number of hydrogen-bond donors (Lipinski definition) is 1. The van der Waals surface area contributed by atoms with Crippen molar-refractivity contribution in [2.24, 2.45) is 0 Å². The Balaban J connectivity index is 1.99. The second-order valence-corrected chi connectivity index (χ2v) is 7.15. The number of nitrogens with one attached hydrogen (secondary N) is 1. The van der Waals surface area contributed by atoms with Crippen molar-refractivity contribution in [2.45, 2.75) is 24.8 Å². The molecule has 0 aliphatic heterocycles. The molecule has 1 aromatic heterocycles. The molecule has 0 amide bonds. The van der Waals surface area contributed by atoms with Crippen LogP contribution < -0.4 is 4.72 Å². The van der Waals surface area contributed by atoms with Gasteiger partial charge in [-0.1, -0.05) is 48.0 Å². The van der Waals surface area contributed by atoms with Crippen molar-refractivity contribution in [3.63, 3.8) is 0 Å². The lowest BCUT2D eigenvalue weighted by atomic mass is 10.1. The molecule has 0 saturated carbocycles. The minimum absolute atomic E-state index is 0.185. The van der Waals surface area contributed by atoms with Crippen molar-refractivity contribution in [2.75, 3.05) is 0 Å². The molecule has 1 unspecified atom stereocenters. The van der Waals surface area contributed by atoms with Gasteiger partial charge in [-0.05, 0) is 24.6 Å². The molecule has 0 bridgehead atoms. The van der Waals surface area contributed by atoms with Crippen LogP contribution in [0.25, 0.3) is 0 Å². The molecule has 7 heteroatoms. The van der Waals surface area contributed by atoms with Crippen LogP contribution in [-0.2, 0) is 10.0 Å². The van der Waals surface area contributed by atoms with Gasteiger partial charge in [0.1, 0.15) is 6.04 Å². The van der Waals surface area contributed by atoms with E-state index in [1.54, 1.807) is 31.2 Å². The van der Waals surface area contributed by atoms with E-state index in [2.05, 4.69) is 14.9 Å². The average Bonchev–Trinajstić information content (AvgIpc) is 3.00. The van der Waals surface area contributed by atoms with E-state index in [0.29, 0.717) is 5.89 Å². The predicted octanol–water partition coefficient (Wildman–Crippen LogP) is 2.75. The summed E-state index contributed by atoms with van der Waals surface area (Å²) in [6.07, 6.45) is 0. The van der Waals surface area contributed by atoms with Crippen molar-refractivity contribution in [3.8, 4) is 0 Å². The highest BCUT2D eigenvalue weighted by atomic mass is 32.2. The van der Waals surface area contributed by atoms with Gasteiger partial charge in [0.15, 0.2) is 0 Å². The first-order valence-electron chi connectivity index (χ1n) is 7.40. The first-order valence-corrected chi connectivity index (χ1v) is 8.88. The summed E-state index contributed by atoms with van der Waals surface area (Å²) in [5.41, 5.74) is 1.71. The Morgan fingerprint density at radius 2 is 1.62 bits per heavy atom. The molecular weight excluding hydrogens is 326 g/mol. The van der Waals surface area contributed by atoms with E-state index >= 15 is 0 Å². The maximum atomic E-state index is 12.7. The van der Waals surface area contributed by atoms with Crippen molar-refractivity contribution in [1.29, 1.82) is 0 Å². The van der Waals surface area contributed by atoms with Crippen molar-refractivity contribution in [1.82, 2.24) is 14.9 Å². The first kappa shape index (κ1) is 16.4. The summed E-state index contributed by atoms with van der Waals surface area (Å²) < 4.78 is 33.5. The van der Waals surface area contributed by atoms with E-state index in [-0.39, 0.29) is 10.8 Å². The molecule has 0 saturated heterocycles. The Kier molecular flexibility index (Phi) is 4.46. The third kappa shape index (κ3) is 3.52. The fourth-order valence-corrected chi connectivity index (χ4v) is 3.45. The van der Waals surface area contributed by atoms with Gasteiger partial charge in [-0.25, -0.2) is 8.42 Å². The minimum atomic E-state index is -3.74. The molecule has 124 valence electrons. The smallest absolute Gasteiger partial charge is 0.241 e. The van der Waals surface area contributed by atoms with Crippen LogP contribution in [0.1, 0.15) is 29.0 Å². The number of rotatable bonds is 5. The zero-order valence-corrected chi connectivity index (χ0v) is 14.1. The zero-order valence-electron chi connectivity index (χ0n) is 13.3. The molecule has 1 N–H and O–H groups in total. The van der Waals surface area contributed by atoms with Gasteiger partial charge in [-0.2, -0.15) is 4.72 Å². The molecule has 0 spiro atoms. The zero-order chi connectivity index (χ0) is 17.2. The molecule has 0 aliphatic rings. The Labute approximate surface area is 140 Å². The van der Waals surface area contributed by atoms with Crippen LogP contribution in [0, 0.1) is 13.8 Å². The molecule has 3 rings (SSSR count). The molecule has 1 heterocycles. The molecule has 1 atom stereocenters. The molecule has 3 aromatic rings. The maximum absolute atomic E-state index is 12.7. The monoisotopic (exact) mass is 343 g/mol. The molecule has 0 fully saturated rings. The third-order valence-corrected chi connectivity index (χ3v) is 4.96. The van der Waals surface area contributed by atoms with E-state index in [4.69, 9.17) is 4.42 Å². The lowest BCUT2D eigenvalue weighted by Crippen LogP contribution is -2.29. The van der Waals surface area contributed by atoms with Gasteiger partial charge in [0.05, 0.1) is 4.90 Å². The highest BCUT2D eigenvalue weighted by Gasteiger charge is 2.26. The number of nitrogens with zero attached hydrogens (tertiary/aromatic N) is 2. The standard InChI is InChI=1S/C17H17N3O3S/c1-12-8-10-15(11-9-12)24(21,22)20-16(14-6-4-3-5-7-14)17-19-18-13(2)23-17/h3-11,16,20H,1-2H3. The van der Waals surface area contributed by atoms with E-state index in [1.807, 2.05) is 37.3 Å². The molecule has 0 radical (unpaired) electrons. The van der Waals surface area contributed by atoms with Gasteiger partial charge < -0.3 is 4.42 Å². The van der Waals surface area contributed by atoms with Crippen LogP contribution in [0.3, 0.4) is 0 Å². The van der Waals surface area contributed by atoms with Crippen LogP contribution in [0.2, 0.25) is 0 Å². The summed E-state index contributed by atoms with van der Waals surface area (Å²) in [6, 6.07) is 15.0. The Bertz CT molecular complexity index is 919. The van der Waals surface area contributed by atoms with Crippen molar-refractivity contribution >= 4 is 10.0 Å². The van der Waals surface area contributed by atoms with E-state index in [9.17, 15) is 8.42 Å². The van der Waals surface area contributed by atoms with Gasteiger partial charge in [0, 0.05) is 6.92 Å². The quantitative estimate of drug-likeness (QED) is 0.770. The van der Waals surface area contributed by atoms with E-state index in [1.165, 1.54) is 0 Å². The number of aromatic nitrogens is 2. The first-order chi connectivity index (χ1) is 11.5. The third-order valence-electron chi connectivity index (χ3n) is 3.53. The Morgan fingerprint density at radius 3 is 2.21 bits per heavy atom. The Hall–Kier alpha value is -2.51. The average molecular weight is 343 g/mol. The van der Waals surface area contributed by atoms with Crippen LogP contribution in [0.15, 0.2) is 63.9 Å². The minimum Gasteiger partial charge on any atom is -0.423 e. The van der Waals surface area contributed by atoms with Crippen LogP contribution in [0.5, 0.6) is 0 Å². The molecule has 0 aliphatic carbocycles. The SMILES string of the molecule is Cc1ccc(S(=O)(=O)NC(c2ccccc2)c2nnc(C)o2)cc1. The largest absolute Gasteiger partial charge is 0.423 e. The van der Waals surface area contributed by atoms with Crippen LogP contribution in [0.4, 0.5) is 0 Å². The van der Waals surface area contributed by atoms with Crippen LogP contribution in [-0.4, -0.2) is 18.6 Å². The summed E-state index contributed by atoms with van der Waals surface area (Å²) in [7, 11) is -3.74. The fourth-order valence-electron chi connectivity index (χ4n) is 2.28. The van der Waals surface area contributed by atoms with E-state index < -0.39 is 16.1 Å². The topological polar surface area (TPSA) is 85.1 Å². The summed E-state index contributed by atoms with van der Waals surface area (Å²) in [6.45, 7) is 3.56. The van der Waals surface area contributed by atoms with Crippen LogP contribution >= 0.6 is 0 Å². The van der Waals surface area contributed by atoms with Gasteiger partial charge in [0.25, 0.3) is 0 Å². The number of aryl methyl sites for hydroxylation is 2. The van der Waals surface area contributed by atoms with Gasteiger partial charge in [-0.3, -0.25) is 0 Å². The lowest BCUT2D eigenvalue weighted by Gasteiger charge is -2.16. The molecular formula is C17H17N3O3S. The summed E-state index contributed by atoms with van der Waals surface area (Å²) in [5.74, 6) is 0.579. The summed E-state index contributed by atoms with van der Waals surface area (Å²) >= 11 is 0. The molecule has 24 heavy (non-hydrogen) atoms. The van der Waals surface area contributed by atoms with Gasteiger partial charge in [0.2, 0.25) is 21.8 Å². The normalized spacial score (nSPS) is 12.9. The van der Waals surface area contributed by atoms with Crippen molar-refractivity contribution in [3.05, 3.63) is 77.5 Å². The van der Waals surface area contributed by atoms with Crippen molar-refractivity contribution < 1.29 is 12.8 Å². The maximum Gasteiger partial charge on any atom is 0.241 e. The second kappa shape index (κ2) is 6.54. The summed E-state index contributed by atoms with van der Waals surface area (Å²) in [4.78, 5) is 0.185. The second-order valence-electron chi connectivity index (χ2n) is 5.44. The summed E-state index contributed by atoms with van der Waals surface area (Å²) in [5, 5.41) is 7.77. The predicted molar refractivity (Wildman–Crippen MR) is 88.8 cm³/mol. The molecule has 6 nitrogen and oxygen atoms in total. The molecule has 2 aromatic carbocycles.